The second-order valence-corrected chi connectivity index (χ2v) is 13.1. The van der Waals surface area contributed by atoms with E-state index in [9.17, 15) is 14.4 Å². The van der Waals surface area contributed by atoms with Gasteiger partial charge in [0.2, 0.25) is 5.91 Å². The van der Waals surface area contributed by atoms with Crippen LogP contribution in [0.1, 0.15) is 62.5 Å². The molecule has 2 atom stereocenters. The SMILES string of the molecule is COC(=O)C(C)(C)CCN1CCN(c2ccc(C(=O)N3c4ccccc4C(N(C(C)=O)c4ccc(Cl)cc4)CC3C)cc2)CC1. The minimum atomic E-state index is -0.495. The molecule has 2 aliphatic rings. The van der Waals surface area contributed by atoms with Crippen LogP contribution in [-0.2, 0) is 14.3 Å². The molecule has 2 aliphatic heterocycles. The number of carbonyl (C=O) groups is 3. The molecule has 0 radical (unpaired) electrons. The maximum Gasteiger partial charge on any atom is 0.311 e. The Balaban J connectivity index is 1.28. The molecule has 0 bridgehead atoms. The molecule has 2 amide bonds. The Kier molecular flexibility index (Phi) is 9.85. The molecule has 0 N–H and O–H groups in total. The maximum absolute atomic E-state index is 14.0. The van der Waals surface area contributed by atoms with Crippen LogP contribution in [0, 0.1) is 5.41 Å². The molecule has 238 valence electrons. The van der Waals surface area contributed by atoms with Gasteiger partial charge in [-0.1, -0.05) is 29.8 Å². The van der Waals surface area contributed by atoms with Crippen molar-refractivity contribution in [3.05, 3.63) is 88.9 Å². The van der Waals surface area contributed by atoms with Gasteiger partial charge in [0.15, 0.2) is 0 Å². The zero-order chi connectivity index (χ0) is 32.3. The minimum absolute atomic E-state index is 0.0566. The number of fused-ring (bicyclic) bond motifs is 1. The Labute approximate surface area is 271 Å². The normalized spacial score (nSPS) is 18.7. The first kappa shape index (κ1) is 32.5. The van der Waals surface area contributed by atoms with E-state index in [-0.39, 0.29) is 29.9 Å². The van der Waals surface area contributed by atoms with E-state index in [0.29, 0.717) is 17.0 Å². The highest BCUT2D eigenvalue weighted by Gasteiger charge is 2.38. The number of rotatable bonds is 8. The van der Waals surface area contributed by atoms with Crippen molar-refractivity contribution in [2.75, 3.05) is 54.5 Å². The van der Waals surface area contributed by atoms with Crippen molar-refractivity contribution in [3.63, 3.8) is 0 Å². The average molecular weight is 631 g/mol. The number of esters is 1. The third-order valence-corrected chi connectivity index (χ3v) is 9.43. The number of anilines is 3. The van der Waals surface area contributed by atoms with E-state index in [1.54, 1.807) is 19.1 Å². The quantitative estimate of drug-likeness (QED) is 0.262. The molecule has 9 heteroatoms. The number of carbonyl (C=O) groups excluding carboxylic acids is 3. The summed E-state index contributed by atoms with van der Waals surface area (Å²) in [6.07, 6.45) is 1.35. The summed E-state index contributed by atoms with van der Waals surface area (Å²) in [6.45, 7) is 11.9. The van der Waals surface area contributed by atoms with E-state index in [1.165, 1.54) is 7.11 Å². The fourth-order valence-corrected chi connectivity index (χ4v) is 6.64. The first-order valence-electron chi connectivity index (χ1n) is 15.6. The molecule has 1 saturated heterocycles. The number of hydrogen-bond acceptors (Lipinski definition) is 6. The summed E-state index contributed by atoms with van der Waals surface area (Å²) < 4.78 is 4.95. The van der Waals surface area contributed by atoms with Gasteiger partial charge < -0.3 is 19.4 Å². The van der Waals surface area contributed by atoms with E-state index in [4.69, 9.17) is 16.3 Å². The molecular formula is C36H43ClN4O4. The van der Waals surface area contributed by atoms with Crippen LogP contribution >= 0.6 is 11.6 Å². The molecule has 0 saturated carbocycles. The van der Waals surface area contributed by atoms with Gasteiger partial charge in [0.1, 0.15) is 0 Å². The van der Waals surface area contributed by atoms with Gasteiger partial charge >= 0.3 is 5.97 Å². The number of amides is 2. The smallest absolute Gasteiger partial charge is 0.311 e. The Morgan fingerprint density at radius 3 is 2.20 bits per heavy atom. The number of para-hydroxylation sites is 1. The van der Waals surface area contributed by atoms with Crippen molar-refractivity contribution >= 4 is 46.4 Å². The van der Waals surface area contributed by atoms with Gasteiger partial charge in [-0.2, -0.15) is 0 Å². The van der Waals surface area contributed by atoms with Gasteiger partial charge in [-0.25, -0.2) is 0 Å². The molecule has 0 aliphatic carbocycles. The molecule has 0 aromatic heterocycles. The summed E-state index contributed by atoms with van der Waals surface area (Å²) >= 11 is 6.13. The second kappa shape index (κ2) is 13.6. The molecule has 0 spiro atoms. The fraction of sp³-hybridized carbons (Fsp3) is 0.417. The van der Waals surface area contributed by atoms with Crippen molar-refractivity contribution in [2.24, 2.45) is 5.41 Å². The molecule has 3 aromatic carbocycles. The Morgan fingerprint density at radius 1 is 0.933 bits per heavy atom. The lowest BCUT2D eigenvalue weighted by Crippen LogP contribution is -2.48. The van der Waals surface area contributed by atoms with Gasteiger partial charge in [0, 0.05) is 66.8 Å². The Bertz CT molecular complexity index is 1520. The van der Waals surface area contributed by atoms with E-state index in [2.05, 4.69) is 9.80 Å². The Morgan fingerprint density at radius 2 is 1.58 bits per heavy atom. The molecule has 3 aromatic rings. The van der Waals surface area contributed by atoms with Crippen molar-refractivity contribution in [1.29, 1.82) is 0 Å². The maximum atomic E-state index is 14.0. The molecular weight excluding hydrogens is 588 g/mol. The van der Waals surface area contributed by atoms with E-state index < -0.39 is 5.41 Å². The summed E-state index contributed by atoms with van der Waals surface area (Å²) in [5.41, 5.74) is 3.77. The van der Waals surface area contributed by atoms with Crippen molar-refractivity contribution < 1.29 is 19.1 Å². The van der Waals surface area contributed by atoms with Crippen LogP contribution in [0.25, 0.3) is 0 Å². The van der Waals surface area contributed by atoms with Crippen molar-refractivity contribution in [2.45, 2.75) is 52.6 Å². The molecule has 2 heterocycles. The van der Waals surface area contributed by atoms with Gasteiger partial charge in [-0.05, 0) is 100 Å². The summed E-state index contributed by atoms with van der Waals surface area (Å²) in [7, 11) is 1.44. The van der Waals surface area contributed by atoms with Crippen molar-refractivity contribution in [3.8, 4) is 0 Å². The van der Waals surface area contributed by atoms with Gasteiger partial charge in [-0.15, -0.1) is 0 Å². The topological polar surface area (TPSA) is 73.4 Å². The summed E-state index contributed by atoms with van der Waals surface area (Å²) in [6, 6.07) is 22.7. The Hall–Kier alpha value is -3.88. The monoisotopic (exact) mass is 630 g/mol. The molecule has 1 fully saturated rings. The fourth-order valence-electron chi connectivity index (χ4n) is 6.52. The van der Waals surface area contributed by atoms with Gasteiger partial charge in [0.05, 0.1) is 18.6 Å². The molecule has 5 rings (SSSR count). The lowest BCUT2D eigenvalue weighted by atomic mass is 9.89. The van der Waals surface area contributed by atoms with E-state index >= 15 is 0 Å². The number of methoxy groups -OCH3 is 1. The number of halogens is 1. The van der Waals surface area contributed by atoms with Crippen LogP contribution < -0.4 is 14.7 Å². The zero-order valence-corrected chi connectivity index (χ0v) is 27.6. The highest BCUT2D eigenvalue weighted by atomic mass is 35.5. The first-order valence-corrected chi connectivity index (χ1v) is 16.0. The zero-order valence-electron chi connectivity index (χ0n) is 26.8. The number of nitrogens with zero attached hydrogens (tertiary/aromatic N) is 4. The van der Waals surface area contributed by atoms with Gasteiger partial charge in [0.25, 0.3) is 5.91 Å². The number of hydrogen-bond donors (Lipinski definition) is 0. The third kappa shape index (κ3) is 7.02. The summed E-state index contributed by atoms with van der Waals surface area (Å²) in [4.78, 5) is 47.4. The predicted molar refractivity (Wildman–Crippen MR) is 180 cm³/mol. The molecule has 45 heavy (non-hydrogen) atoms. The van der Waals surface area contributed by atoms with Crippen LogP contribution in [0.3, 0.4) is 0 Å². The van der Waals surface area contributed by atoms with E-state index in [1.807, 2.05) is 91.2 Å². The summed E-state index contributed by atoms with van der Waals surface area (Å²) in [5, 5.41) is 0.612. The highest BCUT2D eigenvalue weighted by Crippen LogP contribution is 2.43. The minimum Gasteiger partial charge on any atom is -0.469 e. The largest absolute Gasteiger partial charge is 0.469 e. The molecule has 8 nitrogen and oxygen atoms in total. The van der Waals surface area contributed by atoms with Crippen LogP contribution in [0.15, 0.2) is 72.8 Å². The second-order valence-electron chi connectivity index (χ2n) is 12.7. The number of piperazine rings is 1. The third-order valence-electron chi connectivity index (χ3n) is 9.18. The van der Waals surface area contributed by atoms with Crippen molar-refractivity contribution in [1.82, 2.24) is 4.90 Å². The predicted octanol–water partition coefficient (Wildman–Crippen LogP) is 6.58. The highest BCUT2D eigenvalue weighted by molar-refractivity contribution is 6.30. The lowest BCUT2D eigenvalue weighted by molar-refractivity contribution is -0.151. The number of ether oxygens (including phenoxy) is 1. The first-order chi connectivity index (χ1) is 21.5. The van der Waals surface area contributed by atoms with Crippen LogP contribution in [0.4, 0.5) is 17.1 Å². The standard InChI is InChI=1S/C36H43ClN4O4/c1-25-24-33(41(26(2)42)30-16-12-28(37)13-17-30)31-8-6-7-9-32(31)40(25)34(43)27-10-14-29(15-11-27)39-22-20-38(21-23-39)19-18-36(3,4)35(44)45-5/h6-17,25,33H,18-24H2,1-5H3. The van der Waals surface area contributed by atoms with Crippen LogP contribution in [0.2, 0.25) is 5.02 Å². The van der Waals surface area contributed by atoms with Crippen LogP contribution in [-0.4, -0.2) is 68.6 Å². The van der Waals surface area contributed by atoms with Crippen LogP contribution in [0.5, 0.6) is 0 Å². The number of benzene rings is 3. The average Bonchev–Trinajstić information content (AvgIpc) is 3.04. The lowest BCUT2D eigenvalue weighted by Gasteiger charge is -2.43. The van der Waals surface area contributed by atoms with E-state index in [0.717, 1.165) is 61.8 Å². The molecule has 2 unspecified atom stereocenters. The van der Waals surface area contributed by atoms with Gasteiger partial charge in [-0.3, -0.25) is 19.3 Å². The summed E-state index contributed by atoms with van der Waals surface area (Å²) in [5.74, 6) is -0.293.